The van der Waals surface area contributed by atoms with E-state index in [4.69, 9.17) is 37.3 Å². The van der Waals surface area contributed by atoms with Crippen LogP contribution in [0.25, 0.3) is 0 Å². The molecule has 0 aliphatic heterocycles. The number of nitrogens with zero attached hydrogens (tertiary/aromatic N) is 1. The van der Waals surface area contributed by atoms with E-state index in [9.17, 15) is 4.79 Å². The molecule has 0 aromatic rings. The third-order valence-electron chi connectivity index (χ3n) is 1.28. The number of aliphatic imine (C=N–C) groups is 1. The van der Waals surface area contributed by atoms with Crippen molar-refractivity contribution in [2.75, 3.05) is 6.54 Å². The first-order valence-electron chi connectivity index (χ1n) is 4.19. The molecule has 0 aliphatic carbocycles. The summed E-state index contributed by atoms with van der Waals surface area (Å²) in [5.41, 5.74) is 15.3. The molecule has 0 amide bonds. The van der Waals surface area contributed by atoms with Gasteiger partial charge in [-0.25, -0.2) is 0 Å². The van der Waals surface area contributed by atoms with Gasteiger partial charge in [-0.2, -0.15) is 0 Å². The van der Waals surface area contributed by atoms with Crippen molar-refractivity contribution in [2.45, 2.75) is 18.9 Å². The molecule has 0 heterocycles. The van der Waals surface area contributed by atoms with Gasteiger partial charge in [0, 0.05) is 6.54 Å². The SMILES string of the molecule is NC(N)=NCCC[C@H](N)C(=O)O.O=C([O-])[O-].[Na+].[Na+]. The van der Waals surface area contributed by atoms with Gasteiger partial charge < -0.3 is 37.3 Å². The van der Waals surface area contributed by atoms with Crippen molar-refractivity contribution in [1.82, 2.24) is 0 Å². The fourth-order valence-electron chi connectivity index (χ4n) is 0.643. The Labute approximate surface area is 148 Å². The Morgan fingerprint density at radius 2 is 1.61 bits per heavy atom. The van der Waals surface area contributed by atoms with Gasteiger partial charge in [-0.3, -0.25) is 9.79 Å². The molecule has 18 heavy (non-hydrogen) atoms. The Kier molecular flexibility index (Phi) is 25.0. The van der Waals surface area contributed by atoms with Crippen LogP contribution in [0.4, 0.5) is 4.79 Å². The molecule has 0 saturated carbocycles. The van der Waals surface area contributed by atoms with Crippen molar-refractivity contribution in [1.29, 1.82) is 0 Å². The molecule has 7 N–H and O–H groups in total. The number of rotatable bonds is 5. The van der Waals surface area contributed by atoms with Crippen LogP contribution in [0, 0.1) is 0 Å². The van der Waals surface area contributed by atoms with Crippen molar-refractivity contribution in [2.24, 2.45) is 22.2 Å². The summed E-state index contributed by atoms with van der Waals surface area (Å²) in [4.78, 5) is 22.2. The maximum absolute atomic E-state index is 10.2. The molecule has 0 unspecified atom stereocenters. The predicted octanol–water partition coefficient (Wildman–Crippen LogP) is -9.99. The smallest absolute Gasteiger partial charge is 0.652 e. The Hall–Kier alpha value is -0.0300. The monoisotopic (exact) mass is 280 g/mol. The second kappa shape index (κ2) is 17.0. The van der Waals surface area contributed by atoms with Crippen LogP contribution in [0.2, 0.25) is 0 Å². The normalized spacial score (nSPS) is 9.39. The maximum atomic E-state index is 10.2. The predicted molar refractivity (Wildman–Crippen MR) is 50.9 cm³/mol. The van der Waals surface area contributed by atoms with E-state index in [1.165, 1.54) is 0 Å². The minimum Gasteiger partial charge on any atom is -0.652 e. The summed E-state index contributed by atoms with van der Waals surface area (Å²) in [5, 5.41) is 25.0. The number of hydrogen-bond donors (Lipinski definition) is 4. The van der Waals surface area contributed by atoms with Gasteiger partial charge in [-0.05, 0) is 19.0 Å². The number of carboxylic acids is 1. The van der Waals surface area contributed by atoms with Crippen LogP contribution in [-0.4, -0.2) is 35.8 Å². The van der Waals surface area contributed by atoms with Crippen molar-refractivity contribution in [3.05, 3.63) is 0 Å². The Balaban J connectivity index is -0.000000143. The summed E-state index contributed by atoms with van der Waals surface area (Å²) in [7, 11) is 0. The Bertz CT molecular complexity index is 256. The Morgan fingerprint density at radius 1 is 1.22 bits per heavy atom. The number of carboxylic acid groups (broad SMARTS) is 3. The van der Waals surface area contributed by atoms with Crippen LogP contribution in [0.1, 0.15) is 12.8 Å². The quantitative estimate of drug-likeness (QED) is 0.165. The zero-order valence-electron chi connectivity index (χ0n) is 10.5. The van der Waals surface area contributed by atoms with E-state index in [1.54, 1.807) is 0 Å². The summed E-state index contributed by atoms with van der Waals surface area (Å²) < 4.78 is 0. The molecule has 9 nitrogen and oxygen atoms in total. The van der Waals surface area contributed by atoms with E-state index >= 15 is 0 Å². The number of guanidine groups is 1. The van der Waals surface area contributed by atoms with Crippen LogP contribution in [0.3, 0.4) is 0 Å². The van der Waals surface area contributed by atoms with E-state index in [2.05, 4.69) is 4.99 Å². The van der Waals surface area contributed by atoms with Crippen molar-refractivity contribution < 1.29 is 84.0 Å². The molecule has 0 aromatic carbocycles. The van der Waals surface area contributed by atoms with Crippen LogP contribution in [-0.2, 0) is 4.79 Å². The largest absolute Gasteiger partial charge is 1.00 e. The summed E-state index contributed by atoms with van der Waals surface area (Å²) in [6.07, 6.45) is -1.38. The third kappa shape index (κ3) is 29.7. The molecule has 0 aromatic heterocycles. The maximum Gasteiger partial charge on any atom is 1.00 e. The van der Waals surface area contributed by atoms with Crippen molar-refractivity contribution in [3.63, 3.8) is 0 Å². The molecule has 11 heteroatoms. The molecule has 0 fully saturated rings. The number of carbonyl (C=O) groups is 2. The fourth-order valence-corrected chi connectivity index (χ4v) is 0.643. The molecular weight excluding hydrogens is 266 g/mol. The third-order valence-corrected chi connectivity index (χ3v) is 1.28. The van der Waals surface area contributed by atoms with Crippen molar-refractivity contribution in [3.8, 4) is 0 Å². The summed E-state index contributed by atoms with van der Waals surface area (Å²) in [5.74, 6) is -0.987. The van der Waals surface area contributed by atoms with Gasteiger partial charge in [-0.1, -0.05) is 0 Å². The van der Waals surface area contributed by atoms with Crippen LogP contribution < -0.4 is 86.5 Å². The van der Waals surface area contributed by atoms with E-state index in [0.29, 0.717) is 19.4 Å². The first-order chi connectivity index (χ1) is 7.27. The van der Waals surface area contributed by atoms with Gasteiger partial charge in [0.05, 0.1) is 0 Å². The van der Waals surface area contributed by atoms with Gasteiger partial charge in [0.2, 0.25) is 0 Å². The minimum absolute atomic E-state index is 0. The molecule has 0 spiro atoms. The van der Waals surface area contributed by atoms with E-state index in [-0.39, 0.29) is 65.1 Å². The van der Waals surface area contributed by atoms with Crippen LogP contribution in [0.15, 0.2) is 4.99 Å². The van der Waals surface area contributed by atoms with Gasteiger partial charge in [0.1, 0.15) is 6.04 Å². The molecule has 0 radical (unpaired) electrons. The van der Waals surface area contributed by atoms with E-state index in [0.717, 1.165) is 0 Å². The molecule has 0 aliphatic rings. The zero-order valence-corrected chi connectivity index (χ0v) is 14.5. The summed E-state index contributed by atoms with van der Waals surface area (Å²) >= 11 is 0. The number of nitrogens with two attached hydrogens (primary N) is 3. The fraction of sp³-hybridized carbons (Fsp3) is 0.571. The van der Waals surface area contributed by atoms with E-state index in [1.807, 2.05) is 0 Å². The van der Waals surface area contributed by atoms with Gasteiger partial charge in [-0.15, -0.1) is 0 Å². The zero-order chi connectivity index (χ0) is 13.1. The average molecular weight is 280 g/mol. The van der Waals surface area contributed by atoms with Gasteiger partial charge in [0.25, 0.3) is 0 Å². The molecular formula is C7H14N4Na2O5. The topological polar surface area (TPSA) is 191 Å². The van der Waals surface area contributed by atoms with Crippen LogP contribution >= 0.6 is 0 Å². The first-order valence-corrected chi connectivity index (χ1v) is 4.19. The second-order valence-electron chi connectivity index (χ2n) is 2.64. The first kappa shape index (κ1) is 26.5. The minimum atomic E-state index is -2.33. The molecule has 0 saturated heterocycles. The number of hydrogen-bond acceptors (Lipinski definition) is 6. The molecule has 1 atom stereocenters. The molecule has 0 rings (SSSR count). The van der Waals surface area contributed by atoms with Crippen LogP contribution in [0.5, 0.6) is 0 Å². The van der Waals surface area contributed by atoms with Gasteiger partial charge >= 0.3 is 65.1 Å². The average Bonchev–Trinajstić information content (AvgIpc) is 2.10. The molecule has 0 bridgehead atoms. The summed E-state index contributed by atoms with van der Waals surface area (Å²) in [6.45, 7) is 0.420. The standard InChI is InChI=1S/C6H14N4O2.CH2O3.2Na/c7-4(5(11)12)2-1-3-10-6(8)9;2-1(3)4;;/h4H,1-3,7H2,(H,11,12)(H4,8,9,10);(H2,2,3,4);;/q;;2*+1/p-2/t4-;;;/m0.../s1. The molecule has 94 valence electrons. The van der Waals surface area contributed by atoms with Crippen molar-refractivity contribution >= 4 is 18.1 Å². The number of carbonyl (C=O) groups excluding carboxylic acids is 1. The number of aliphatic carboxylic acids is 1. The second-order valence-corrected chi connectivity index (χ2v) is 2.64. The van der Waals surface area contributed by atoms with Gasteiger partial charge in [0.15, 0.2) is 5.96 Å². The summed E-state index contributed by atoms with van der Waals surface area (Å²) in [6, 6.07) is -0.820. The van der Waals surface area contributed by atoms with E-state index < -0.39 is 18.2 Å². The Morgan fingerprint density at radius 3 is 1.89 bits per heavy atom.